The van der Waals surface area contributed by atoms with E-state index in [-0.39, 0.29) is 17.7 Å². The van der Waals surface area contributed by atoms with E-state index < -0.39 is 6.61 Å². The van der Waals surface area contributed by atoms with Crippen molar-refractivity contribution >= 4 is 11.6 Å². The van der Waals surface area contributed by atoms with Gasteiger partial charge in [0.1, 0.15) is 11.5 Å². The van der Waals surface area contributed by atoms with Crippen LogP contribution in [0.4, 0.5) is 14.5 Å². The Morgan fingerprint density at radius 1 is 1.14 bits per heavy atom. The number of ether oxygens (including phenoxy) is 2. The van der Waals surface area contributed by atoms with Gasteiger partial charge in [-0.05, 0) is 68.8 Å². The van der Waals surface area contributed by atoms with Crippen LogP contribution in [0, 0.1) is 13.8 Å². The van der Waals surface area contributed by atoms with Gasteiger partial charge in [-0.2, -0.15) is 8.78 Å². The minimum Gasteiger partial charge on any atom is -0.496 e. The van der Waals surface area contributed by atoms with Crippen LogP contribution in [0.5, 0.6) is 11.5 Å². The van der Waals surface area contributed by atoms with E-state index in [1.807, 2.05) is 32.7 Å². The van der Waals surface area contributed by atoms with E-state index in [1.165, 1.54) is 24.3 Å². The number of carbonyl (C=O) groups is 1. The number of rotatable bonds is 8. The Balaban J connectivity index is 1.98. The first-order chi connectivity index (χ1) is 13.2. The standard InChI is InChI=1S/C21H26F2N2O3/c1-13-10-16(11-14(2)19(13)27-5)12-25(4)15(3)20(26)24-17-6-8-18(9-7-17)28-21(22)23/h6-11,15,21H,12H2,1-5H3,(H,24,26). The number of alkyl halides is 2. The van der Waals surface area contributed by atoms with Crippen molar-refractivity contribution in [2.24, 2.45) is 0 Å². The molecule has 0 radical (unpaired) electrons. The summed E-state index contributed by atoms with van der Waals surface area (Å²) in [6, 6.07) is 9.54. The average molecular weight is 392 g/mol. The zero-order chi connectivity index (χ0) is 20.8. The number of methoxy groups -OCH3 is 1. The normalized spacial score (nSPS) is 12.2. The van der Waals surface area contributed by atoms with Crippen molar-refractivity contribution in [3.63, 3.8) is 0 Å². The number of carbonyl (C=O) groups excluding carboxylic acids is 1. The maximum Gasteiger partial charge on any atom is 0.387 e. The molecule has 0 saturated heterocycles. The van der Waals surface area contributed by atoms with Gasteiger partial charge in [0.15, 0.2) is 0 Å². The highest BCUT2D eigenvalue weighted by molar-refractivity contribution is 5.94. The zero-order valence-corrected chi connectivity index (χ0v) is 16.8. The predicted octanol–water partition coefficient (Wildman–Crippen LogP) is 4.37. The van der Waals surface area contributed by atoms with Gasteiger partial charge in [-0.1, -0.05) is 12.1 Å². The molecule has 28 heavy (non-hydrogen) atoms. The van der Waals surface area contributed by atoms with Gasteiger partial charge in [-0.15, -0.1) is 0 Å². The highest BCUT2D eigenvalue weighted by Gasteiger charge is 2.19. The van der Waals surface area contributed by atoms with Crippen LogP contribution in [0.25, 0.3) is 0 Å². The van der Waals surface area contributed by atoms with E-state index in [0.717, 1.165) is 22.4 Å². The van der Waals surface area contributed by atoms with Crippen molar-refractivity contribution in [3.8, 4) is 11.5 Å². The van der Waals surface area contributed by atoms with Crippen LogP contribution >= 0.6 is 0 Å². The molecular formula is C21H26F2N2O3. The monoisotopic (exact) mass is 392 g/mol. The fourth-order valence-corrected chi connectivity index (χ4v) is 3.04. The lowest BCUT2D eigenvalue weighted by Crippen LogP contribution is -2.39. The number of halogens is 2. The lowest BCUT2D eigenvalue weighted by Gasteiger charge is -2.24. The second kappa shape index (κ2) is 9.50. The van der Waals surface area contributed by atoms with Gasteiger partial charge < -0.3 is 14.8 Å². The number of amides is 1. The van der Waals surface area contributed by atoms with Gasteiger partial charge >= 0.3 is 6.61 Å². The molecule has 0 aliphatic carbocycles. The molecule has 5 nitrogen and oxygen atoms in total. The maximum atomic E-state index is 12.5. The summed E-state index contributed by atoms with van der Waals surface area (Å²) >= 11 is 0. The SMILES string of the molecule is COc1c(C)cc(CN(C)C(C)C(=O)Nc2ccc(OC(F)F)cc2)cc1C. The van der Waals surface area contributed by atoms with Crippen molar-refractivity contribution in [2.45, 2.75) is 40.0 Å². The van der Waals surface area contributed by atoms with E-state index in [9.17, 15) is 13.6 Å². The largest absolute Gasteiger partial charge is 0.496 e. The highest BCUT2D eigenvalue weighted by Crippen LogP contribution is 2.25. The first-order valence-electron chi connectivity index (χ1n) is 8.91. The summed E-state index contributed by atoms with van der Waals surface area (Å²) in [7, 11) is 3.53. The third-order valence-corrected chi connectivity index (χ3v) is 4.54. The molecule has 2 rings (SSSR count). The first kappa shape index (κ1) is 21.6. The molecule has 0 aliphatic rings. The number of nitrogens with one attached hydrogen (secondary N) is 1. The summed E-state index contributed by atoms with van der Waals surface area (Å²) in [4.78, 5) is 14.5. The fourth-order valence-electron chi connectivity index (χ4n) is 3.04. The van der Waals surface area contributed by atoms with E-state index >= 15 is 0 Å². The van der Waals surface area contributed by atoms with Gasteiger partial charge in [-0.3, -0.25) is 9.69 Å². The summed E-state index contributed by atoms with van der Waals surface area (Å²) in [5.41, 5.74) is 3.71. The minimum absolute atomic E-state index is 0.0448. The zero-order valence-electron chi connectivity index (χ0n) is 16.8. The van der Waals surface area contributed by atoms with Crippen LogP contribution in [-0.2, 0) is 11.3 Å². The van der Waals surface area contributed by atoms with E-state index in [2.05, 4.69) is 22.2 Å². The van der Waals surface area contributed by atoms with Gasteiger partial charge in [0.05, 0.1) is 13.2 Å². The van der Waals surface area contributed by atoms with Crippen molar-refractivity contribution < 1.29 is 23.0 Å². The second-order valence-corrected chi connectivity index (χ2v) is 6.75. The molecule has 7 heteroatoms. The minimum atomic E-state index is -2.88. The third-order valence-electron chi connectivity index (χ3n) is 4.54. The molecule has 1 unspecified atom stereocenters. The Kier molecular flexibility index (Phi) is 7.34. The van der Waals surface area contributed by atoms with E-state index in [1.54, 1.807) is 7.11 Å². The molecule has 2 aromatic carbocycles. The molecule has 2 aromatic rings. The third kappa shape index (κ3) is 5.66. The molecule has 0 spiro atoms. The van der Waals surface area contributed by atoms with E-state index in [0.29, 0.717) is 12.2 Å². The maximum absolute atomic E-state index is 12.5. The summed E-state index contributed by atoms with van der Waals surface area (Å²) in [5, 5.41) is 2.79. The number of nitrogens with zero attached hydrogens (tertiary/aromatic N) is 1. The Morgan fingerprint density at radius 3 is 2.21 bits per heavy atom. The fraction of sp³-hybridized carbons (Fsp3) is 0.381. The number of hydrogen-bond acceptors (Lipinski definition) is 4. The average Bonchev–Trinajstić information content (AvgIpc) is 2.62. The summed E-state index contributed by atoms with van der Waals surface area (Å²) in [6.45, 7) is 3.52. The Bertz CT molecular complexity index is 787. The van der Waals surface area contributed by atoms with Crippen LogP contribution in [0.1, 0.15) is 23.6 Å². The van der Waals surface area contributed by atoms with Crippen LogP contribution in [0.3, 0.4) is 0 Å². The van der Waals surface area contributed by atoms with E-state index in [4.69, 9.17) is 4.74 Å². The summed E-state index contributed by atoms with van der Waals surface area (Å²) in [5.74, 6) is 0.729. The smallest absolute Gasteiger partial charge is 0.387 e. The molecule has 0 fully saturated rings. The molecule has 0 aliphatic heterocycles. The Morgan fingerprint density at radius 2 is 1.71 bits per heavy atom. The van der Waals surface area contributed by atoms with Crippen molar-refractivity contribution in [2.75, 3.05) is 19.5 Å². The first-order valence-corrected chi connectivity index (χ1v) is 8.91. The molecule has 0 aromatic heterocycles. The van der Waals surface area contributed by atoms with Crippen LogP contribution in [0.2, 0.25) is 0 Å². The summed E-state index contributed by atoms with van der Waals surface area (Å²) in [6.07, 6.45) is 0. The molecule has 1 N–H and O–H groups in total. The lowest BCUT2D eigenvalue weighted by molar-refractivity contribution is -0.120. The molecule has 0 bridgehead atoms. The molecular weight excluding hydrogens is 366 g/mol. The van der Waals surface area contributed by atoms with Crippen LogP contribution in [0.15, 0.2) is 36.4 Å². The second-order valence-electron chi connectivity index (χ2n) is 6.75. The lowest BCUT2D eigenvalue weighted by atomic mass is 10.0. The van der Waals surface area contributed by atoms with Gasteiger partial charge in [-0.25, -0.2) is 0 Å². The molecule has 0 heterocycles. The number of aryl methyl sites for hydroxylation is 2. The van der Waals surface area contributed by atoms with Gasteiger partial charge in [0.25, 0.3) is 0 Å². The highest BCUT2D eigenvalue weighted by atomic mass is 19.3. The number of hydrogen-bond donors (Lipinski definition) is 1. The van der Waals surface area contributed by atoms with Crippen molar-refractivity contribution in [1.82, 2.24) is 4.90 Å². The number of likely N-dealkylation sites (N-methyl/N-ethyl adjacent to an activating group) is 1. The number of benzene rings is 2. The van der Waals surface area contributed by atoms with Crippen LogP contribution < -0.4 is 14.8 Å². The molecule has 1 amide bonds. The predicted molar refractivity (Wildman–Crippen MR) is 105 cm³/mol. The van der Waals surface area contributed by atoms with Gasteiger partial charge in [0, 0.05) is 12.2 Å². The van der Waals surface area contributed by atoms with Gasteiger partial charge in [0.2, 0.25) is 5.91 Å². The van der Waals surface area contributed by atoms with Crippen LogP contribution in [-0.4, -0.2) is 37.6 Å². The van der Waals surface area contributed by atoms with Crippen molar-refractivity contribution in [1.29, 1.82) is 0 Å². The molecule has 152 valence electrons. The number of anilines is 1. The molecule has 1 atom stereocenters. The topological polar surface area (TPSA) is 50.8 Å². The Hall–Kier alpha value is -2.67. The summed E-state index contributed by atoms with van der Waals surface area (Å²) < 4.78 is 34.1. The Labute approximate surface area is 164 Å². The quantitative estimate of drug-likeness (QED) is 0.725. The van der Waals surface area contributed by atoms with Crippen molar-refractivity contribution in [3.05, 3.63) is 53.1 Å². The molecule has 0 saturated carbocycles.